The van der Waals surface area contributed by atoms with E-state index in [-0.39, 0.29) is 11.3 Å². The molecule has 0 saturated heterocycles. The molecular formula is C12H17N3O. The fourth-order valence-electron chi connectivity index (χ4n) is 1.99. The maximum absolute atomic E-state index is 12.0. The van der Waals surface area contributed by atoms with E-state index in [1.54, 1.807) is 6.07 Å². The molecular weight excluding hydrogens is 202 g/mol. The molecule has 1 heterocycles. The van der Waals surface area contributed by atoms with Crippen LogP contribution in [0.5, 0.6) is 0 Å². The Balaban J connectivity index is 2.07. The molecule has 4 nitrogen and oxygen atoms in total. The second-order valence-electron chi connectivity index (χ2n) is 4.46. The molecule has 0 spiro atoms. The van der Waals surface area contributed by atoms with Crippen LogP contribution in [0.15, 0.2) is 18.2 Å². The number of rotatable bonds is 3. The summed E-state index contributed by atoms with van der Waals surface area (Å²) in [6.07, 6.45) is 2.87. The van der Waals surface area contributed by atoms with Gasteiger partial charge in [0.05, 0.1) is 5.41 Å². The normalized spacial score (nSPS) is 17.6. The van der Waals surface area contributed by atoms with Crippen LogP contribution >= 0.6 is 0 Å². The Morgan fingerprint density at radius 2 is 2.31 bits per heavy atom. The SMILES string of the molecule is Cc1cccc(NC(=O)C2(CN)CCC2)n1. The Morgan fingerprint density at radius 1 is 1.56 bits per heavy atom. The zero-order valence-electron chi connectivity index (χ0n) is 9.49. The molecule has 1 amide bonds. The highest BCUT2D eigenvalue weighted by molar-refractivity contribution is 5.95. The molecule has 86 valence electrons. The zero-order chi connectivity index (χ0) is 11.6. The summed E-state index contributed by atoms with van der Waals surface area (Å²) < 4.78 is 0. The molecule has 1 aliphatic rings. The number of hydrogen-bond donors (Lipinski definition) is 2. The lowest BCUT2D eigenvalue weighted by atomic mass is 9.68. The number of pyridine rings is 1. The van der Waals surface area contributed by atoms with E-state index in [1.807, 2.05) is 19.1 Å². The van der Waals surface area contributed by atoms with Crippen LogP contribution in [0.25, 0.3) is 0 Å². The van der Waals surface area contributed by atoms with Crippen molar-refractivity contribution < 1.29 is 4.79 Å². The van der Waals surface area contributed by atoms with Crippen LogP contribution in [0.1, 0.15) is 25.0 Å². The predicted molar refractivity (Wildman–Crippen MR) is 62.9 cm³/mol. The van der Waals surface area contributed by atoms with Crippen molar-refractivity contribution in [1.29, 1.82) is 0 Å². The Hall–Kier alpha value is -1.42. The lowest BCUT2D eigenvalue weighted by molar-refractivity contribution is -0.129. The summed E-state index contributed by atoms with van der Waals surface area (Å²) in [5, 5.41) is 2.85. The molecule has 0 aliphatic heterocycles. The molecule has 0 unspecified atom stereocenters. The van der Waals surface area contributed by atoms with Gasteiger partial charge in [0.25, 0.3) is 0 Å². The van der Waals surface area contributed by atoms with Crippen LogP contribution in [0.3, 0.4) is 0 Å². The number of hydrogen-bond acceptors (Lipinski definition) is 3. The van der Waals surface area contributed by atoms with Crippen molar-refractivity contribution in [2.45, 2.75) is 26.2 Å². The highest BCUT2D eigenvalue weighted by Crippen LogP contribution is 2.40. The second kappa shape index (κ2) is 4.22. The van der Waals surface area contributed by atoms with Gasteiger partial charge >= 0.3 is 0 Å². The van der Waals surface area contributed by atoms with Gasteiger partial charge in [-0.1, -0.05) is 12.5 Å². The zero-order valence-corrected chi connectivity index (χ0v) is 9.49. The number of nitrogens with two attached hydrogens (primary N) is 1. The van der Waals surface area contributed by atoms with Gasteiger partial charge in [0, 0.05) is 12.2 Å². The Labute approximate surface area is 95.3 Å². The number of nitrogens with zero attached hydrogens (tertiary/aromatic N) is 1. The van der Waals surface area contributed by atoms with Gasteiger partial charge in [-0.15, -0.1) is 0 Å². The fraction of sp³-hybridized carbons (Fsp3) is 0.500. The van der Waals surface area contributed by atoms with Crippen LogP contribution in [-0.2, 0) is 4.79 Å². The first-order valence-corrected chi connectivity index (χ1v) is 5.61. The van der Waals surface area contributed by atoms with Gasteiger partial charge in [-0.05, 0) is 31.9 Å². The van der Waals surface area contributed by atoms with Crippen molar-refractivity contribution >= 4 is 11.7 Å². The van der Waals surface area contributed by atoms with Gasteiger partial charge in [0.15, 0.2) is 0 Å². The van der Waals surface area contributed by atoms with Crippen molar-refractivity contribution in [2.24, 2.45) is 11.1 Å². The van der Waals surface area contributed by atoms with Crippen molar-refractivity contribution in [3.63, 3.8) is 0 Å². The second-order valence-corrected chi connectivity index (χ2v) is 4.46. The molecule has 1 aromatic rings. The van der Waals surface area contributed by atoms with E-state index in [2.05, 4.69) is 10.3 Å². The number of anilines is 1. The first-order chi connectivity index (χ1) is 7.66. The van der Waals surface area contributed by atoms with E-state index in [0.717, 1.165) is 25.0 Å². The quantitative estimate of drug-likeness (QED) is 0.808. The summed E-state index contributed by atoms with van der Waals surface area (Å²) in [5.74, 6) is 0.629. The van der Waals surface area contributed by atoms with Gasteiger partial charge in [-0.2, -0.15) is 0 Å². The number of amides is 1. The van der Waals surface area contributed by atoms with Crippen molar-refractivity contribution in [1.82, 2.24) is 4.98 Å². The minimum atomic E-state index is -0.342. The monoisotopic (exact) mass is 219 g/mol. The van der Waals surface area contributed by atoms with Gasteiger partial charge in [-0.25, -0.2) is 4.98 Å². The molecule has 1 fully saturated rings. The average Bonchev–Trinajstić information content (AvgIpc) is 2.16. The van der Waals surface area contributed by atoms with E-state index in [9.17, 15) is 4.79 Å². The molecule has 0 aromatic carbocycles. The summed E-state index contributed by atoms with van der Waals surface area (Å²) in [6, 6.07) is 5.58. The molecule has 4 heteroatoms. The first kappa shape index (κ1) is 11.1. The molecule has 16 heavy (non-hydrogen) atoms. The van der Waals surface area contributed by atoms with Crippen LogP contribution in [0.2, 0.25) is 0 Å². The molecule has 0 radical (unpaired) electrons. The van der Waals surface area contributed by atoms with Crippen LogP contribution in [0.4, 0.5) is 5.82 Å². The molecule has 1 saturated carbocycles. The first-order valence-electron chi connectivity index (χ1n) is 5.61. The number of carbonyl (C=O) groups is 1. The number of nitrogens with one attached hydrogen (secondary N) is 1. The summed E-state index contributed by atoms with van der Waals surface area (Å²) in [7, 11) is 0. The van der Waals surface area contributed by atoms with Crippen LogP contribution in [0, 0.1) is 12.3 Å². The predicted octanol–water partition coefficient (Wildman–Crippen LogP) is 1.46. The summed E-state index contributed by atoms with van der Waals surface area (Å²) in [6.45, 7) is 2.32. The van der Waals surface area contributed by atoms with Crippen molar-refractivity contribution in [2.75, 3.05) is 11.9 Å². The molecule has 2 rings (SSSR count). The number of carbonyl (C=O) groups excluding carboxylic acids is 1. The van der Waals surface area contributed by atoms with Crippen molar-refractivity contribution in [3.8, 4) is 0 Å². The van der Waals surface area contributed by atoms with E-state index in [1.165, 1.54) is 0 Å². The summed E-state index contributed by atoms with van der Waals surface area (Å²) >= 11 is 0. The lowest BCUT2D eigenvalue weighted by Crippen LogP contribution is -2.47. The Bertz CT molecular complexity index is 393. The van der Waals surface area contributed by atoms with Gasteiger partial charge in [0.1, 0.15) is 5.82 Å². The lowest BCUT2D eigenvalue weighted by Gasteiger charge is -2.38. The summed E-state index contributed by atoms with van der Waals surface area (Å²) in [5.41, 5.74) is 6.23. The highest BCUT2D eigenvalue weighted by atomic mass is 16.2. The third kappa shape index (κ3) is 1.93. The largest absolute Gasteiger partial charge is 0.329 e. The minimum absolute atomic E-state index is 0.0133. The maximum Gasteiger partial charge on any atom is 0.233 e. The van der Waals surface area contributed by atoms with Crippen LogP contribution < -0.4 is 11.1 Å². The van der Waals surface area contributed by atoms with Gasteiger partial charge in [-0.3, -0.25) is 4.79 Å². The molecule has 1 aromatic heterocycles. The van der Waals surface area contributed by atoms with E-state index in [0.29, 0.717) is 12.4 Å². The number of aromatic nitrogens is 1. The minimum Gasteiger partial charge on any atom is -0.329 e. The highest BCUT2D eigenvalue weighted by Gasteiger charge is 2.42. The summed E-state index contributed by atoms with van der Waals surface area (Å²) in [4.78, 5) is 16.3. The molecule has 0 atom stereocenters. The molecule has 0 bridgehead atoms. The van der Waals surface area contributed by atoms with E-state index >= 15 is 0 Å². The number of aryl methyl sites for hydroxylation is 1. The Kier molecular flexibility index (Phi) is 2.92. The smallest absolute Gasteiger partial charge is 0.233 e. The third-order valence-electron chi connectivity index (χ3n) is 3.31. The van der Waals surface area contributed by atoms with Crippen LogP contribution in [-0.4, -0.2) is 17.4 Å². The molecule has 3 N–H and O–H groups in total. The van der Waals surface area contributed by atoms with Gasteiger partial charge < -0.3 is 11.1 Å². The average molecular weight is 219 g/mol. The Morgan fingerprint density at radius 3 is 2.81 bits per heavy atom. The standard InChI is InChI=1S/C12H17N3O/c1-9-4-2-5-10(14-9)15-11(16)12(8-13)6-3-7-12/h2,4-5H,3,6-8,13H2,1H3,(H,14,15,16). The fourth-order valence-corrected chi connectivity index (χ4v) is 1.99. The molecule has 1 aliphatic carbocycles. The van der Waals surface area contributed by atoms with Crippen molar-refractivity contribution in [3.05, 3.63) is 23.9 Å². The van der Waals surface area contributed by atoms with Gasteiger partial charge in [0.2, 0.25) is 5.91 Å². The third-order valence-corrected chi connectivity index (χ3v) is 3.31. The van der Waals surface area contributed by atoms with E-state index in [4.69, 9.17) is 5.73 Å². The maximum atomic E-state index is 12.0. The topological polar surface area (TPSA) is 68.0 Å². The van der Waals surface area contributed by atoms with E-state index < -0.39 is 0 Å².